The Hall–Kier alpha value is -1.08. The Morgan fingerprint density at radius 1 is 1.00 bits per heavy atom. The highest BCUT2D eigenvalue weighted by molar-refractivity contribution is 5.34. The first kappa shape index (κ1) is 13.9. The van der Waals surface area contributed by atoms with Crippen LogP contribution in [0.25, 0.3) is 0 Å². The second-order valence-electron chi connectivity index (χ2n) is 6.44. The van der Waals surface area contributed by atoms with Crippen molar-refractivity contribution in [3.05, 3.63) is 47.0 Å². The lowest BCUT2D eigenvalue weighted by atomic mass is 9.86. The molecule has 1 nitrogen and oxygen atoms in total. The predicted molar refractivity (Wildman–Crippen MR) is 86.0 cm³/mol. The van der Waals surface area contributed by atoms with Gasteiger partial charge in [-0.2, -0.15) is 0 Å². The molecule has 1 unspecified atom stereocenters. The lowest BCUT2D eigenvalue weighted by Crippen LogP contribution is -2.36. The van der Waals surface area contributed by atoms with Gasteiger partial charge in [0.1, 0.15) is 0 Å². The second kappa shape index (κ2) is 6.58. The molecule has 20 heavy (non-hydrogen) atoms. The van der Waals surface area contributed by atoms with Crippen LogP contribution in [0.4, 0.5) is 0 Å². The largest absolute Gasteiger partial charge is 0.313 e. The van der Waals surface area contributed by atoms with Gasteiger partial charge < -0.3 is 5.32 Å². The molecular weight excluding hydrogens is 242 g/mol. The average molecular weight is 269 g/mol. The average Bonchev–Trinajstić information content (AvgIpc) is 2.85. The minimum absolute atomic E-state index is 0.584. The number of nitrogens with one attached hydrogen (secondary N) is 1. The zero-order valence-electron chi connectivity index (χ0n) is 12.7. The second-order valence-corrected chi connectivity index (χ2v) is 6.44. The molecule has 108 valence electrons. The summed E-state index contributed by atoms with van der Waals surface area (Å²) in [6.07, 6.45) is 13.2. The van der Waals surface area contributed by atoms with Gasteiger partial charge in [-0.3, -0.25) is 0 Å². The predicted octanol–water partition coefficient (Wildman–Crippen LogP) is 4.27. The first-order valence-corrected chi connectivity index (χ1v) is 8.31. The summed E-state index contributed by atoms with van der Waals surface area (Å²) >= 11 is 0. The fraction of sp³-hybridized carbons (Fsp3) is 0.579. The van der Waals surface area contributed by atoms with Gasteiger partial charge in [0.25, 0.3) is 0 Å². The molecule has 1 N–H and O–H groups in total. The third-order valence-electron chi connectivity index (χ3n) is 5.09. The van der Waals surface area contributed by atoms with E-state index < -0.39 is 0 Å². The highest BCUT2D eigenvalue weighted by Gasteiger charge is 2.29. The van der Waals surface area contributed by atoms with Gasteiger partial charge in [0.05, 0.1) is 0 Å². The van der Waals surface area contributed by atoms with E-state index in [2.05, 4.69) is 42.7 Å². The molecule has 0 fully saturated rings. The van der Waals surface area contributed by atoms with Crippen LogP contribution < -0.4 is 5.32 Å². The molecule has 1 atom stereocenters. The Labute approximate surface area is 123 Å². The zero-order valence-corrected chi connectivity index (χ0v) is 12.7. The SMILES string of the molecule is CNC(/C1=C/CCCCCC1)C1Cc2ccccc2C1. The van der Waals surface area contributed by atoms with Crippen LogP contribution in [0.2, 0.25) is 0 Å². The molecule has 0 saturated carbocycles. The van der Waals surface area contributed by atoms with Crippen molar-refractivity contribution in [2.24, 2.45) is 5.92 Å². The van der Waals surface area contributed by atoms with Crippen LogP contribution in [0.15, 0.2) is 35.9 Å². The highest BCUT2D eigenvalue weighted by Crippen LogP contribution is 2.33. The number of allylic oxidation sites excluding steroid dienone is 1. The van der Waals surface area contributed by atoms with Gasteiger partial charge in [-0.1, -0.05) is 48.8 Å². The van der Waals surface area contributed by atoms with Crippen molar-refractivity contribution in [3.8, 4) is 0 Å². The summed E-state index contributed by atoms with van der Waals surface area (Å²) in [7, 11) is 2.15. The summed E-state index contributed by atoms with van der Waals surface area (Å²) in [5.41, 5.74) is 4.83. The molecule has 1 aromatic rings. The molecule has 0 spiro atoms. The van der Waals surface area contributed by atoms with Gasteiger partial charge in [0.15, 0.2) is 0 Å². The van der Waals surface area contributed by atoms with Crippen molar-refractivity contribution in [2.45, 2.75) is 57.4 Å². The van der Waals surface area contributed by atoms with Crippen molar-refractivity contribution in [2.75, 3.05) is 7.05 Å². The quantitative estimate of drug-likeness (QED) is 0.808. The maximum Gasteiger partial charge on any atom is 0.0311 e. The molecule has 2 aliphatic carbocycles. The first-order valence-electron chi connectivity index (χ1n) is 8.31. The van der Waals surface area contributed by atoms with Crippen LogP contribution in [-0.4, -0.2) is 13.1 Å². The molecule has 0 radical (unpaired) electrons. The Bertz CT molecular complexity index is 449. The van der Waals surface area contributed by atoms with E-state index in [1.807, 2.05) is 0 Å². The summed E-state index contributed by atoms with van der Waals surface area (Å²) in [4.78, 5) is 0. The normalized spacial score (nSPS) is 24.4. The van der Waals surface area contributed by atoms with E-state index in [1.165, 1.54) is 51.4 Å². The molecule has 0 heterocycles. The first-order chi connectivity index (χ1) is 9.88. The molecule has 0 aromatic heterocycles. The van der Waals surface area contributed by atoms with Crippen LogP contribution >= 0.6 is 0 Å². The van der Waals surface area contributed by atoms with E-state index in [1.54, 1.807) is 16.7 Å². The van der Waals surface area contributed by atoms with E-state index in [-0.39, 0.29) is 0 Å². The maximum atomic E-state index is 3.63. The molecule has 1 heteroatoms. The molecule has 1 aromatic carbocycles. The lowest BCUT2D eigenvalue weighted by Gasteiger charge is -2.27. The fourth-order valence-corrected chi connectivity index (χ4v) is 4.05. The van der Waals surface area contributed by atoms with Gasteiger partial charge in [-0.15, -0.1) is 0 Å². The molecule has 2 aliphatic rings. The van der Waals surface area contributed by atoms with Crippen LogP contribution in [0.1, 0.15) is 49.7 Å². The molecular formula is C19H27N. The van der Waals surface area contributed by atoms with Crippen molar-refractivity contribution in [3.63, 3.8) is 0 Å². The highest BCUT2D eigenvalue weighted by atomic mass is 14.9. The Morgan fingerprint density at radius 3 is 2.40 bits per heavy atom. The third-order valence-corrected chi connectivity index (χ3v) is 5.09. The van der Waals surface area contributed by atoms with Gasteiger partial charge >= 0.3 is 0 Å². The van der Waals surface area contributed by atoms with E-state index >= 15 is 0 Å². The van der Waals surface area contributed by atoms with Crippen LogP contribution in [0.5, 0.6) is 0 Å². The monoisotopic (exact) mass is 269 g/mol. The van der Waals surface area contributed by atoms with E-state index in [0.717, 1.165) is 5.92 Å². The number of fused-ring (bicyclic) bond motifs is 1. The summed E-state index contributed by atoms with van der Waals surface area (Å²) < 4.78 is 0. The van der Waals surface area contributed by atoms with E-state index in [0.29, 0.717) is 6.04 Å². The molecule has 0 aliphatic heterocycles. The van der Waals surface area contributed by atoms with E-state index in [4.69, 9.17) is 0 Å². The Kier molecular flexibility index (Phi) is 4.57. The van der Waals surface area contributed by atoms with Gasteiger partial charge in [0.2, 0.25) is 0 Å². The minimum Gasteiger partial charge on any atom is -0.313 e. The fourth-order valence-electron chi connectivity index (χ4n) is 4.05. The summed E-state index contributed by atoms with van der Waals surface area (Å²) in [5, 5.41) is 3.63. The van der Waals surface area contributed by atoms with Gasteiger partial charge in [0, 0.05) is 6.04 Å². The van der Waals surface area contributed by atoms with Crippen molar-refractivity contribution >= 4 is 0 Å². The number of rotatable bonds is 3. The smallest absolute Gasteiger partial charge is 0.0311 e. The maximum absolute atomic E-state index is 3.63. The van der Waals surface area contributed by atoms with Gasteiger partial charge in [-0.05, 0) is 62.6 Å². The number of hydrogen-bond acceptors (Lipinski definition) is 1. The molecule has 3 rings (SSSR count). The van der Waals surface area contributed by atoms with E-state index in [9.17, 15) is 0 Å². The number of hydrogen-bond donors (Lipinski definition) is 1. The summed E-state index contributed by atoms with van der Waals surface area (Å²) in [6, 6.07) is 9.58. The standard InChI is InChI=1S/C19H27N/c1-20-19(15-9-5-3-2-4-6-10-15)18-13-16-11-7-8-12-17(16)14-18/h7-9,11-12,18-20H,2-6,10,13-14H2,1H3/b15-9+. The Balaban J connectivity index is 1.74. The van der Waals surface area contributed by atoms with Crippen LogP contribution in [-0.2, 0) is 12.8 Å². The third kappa shape index (κ3) is 2.98. The zero-order chi connectivity index (χ0) is 13.8. The van der Waals surface area contributed by atoms with Gasteiger partial charge in [-0.25, -0.2) is 0 Å². The minimum atomic E-state index is 0.584. The number of benzene rings is 1. The van der Waals surface area contributed by atoms with Crippen LogP contribution in [0.3, 0.4) is 0 Å². The number of likely N-dealkylation sites (N-methyl/N-ethyl adjacent to an activating group) is 1. The lowest BCUT2D eigenvalue weighted by molar-refractivity contribution is 0.413. The van der Waals surface area contributed by atoms with Crippen molar-refractivity contribution in [1.29, 1.82) is 0 Å². The summed E-state index contributed by atoms with van der Waals surface area (Å²) in [5.74, 6) is 0.753. The molecule has 0 bridgehead atoms. The van der Waals surface area contributed by atoms with Crippen LogP contribution in [0, 0.1) is 5.92 Å². The summed E-state index contributed by atoms with van der Waals surface area (Å²) in [6.45, 7) is 0. The topological polar surface area (TPSA) is 12.0 Å². The molecule has 0 saturated heterocycles. The van der Waals surface area contributed by atoms with Crippen molar-refractivity contribution in [1.82, 2.24) is 5.32 Å². The van der Waals surface area contributed by atoms with Crippen molar-refractivity contribution < 1.29 is 0 Å². The Morgan fingerprint density at radius 2 is 1.70 bits per heavy atom. The molecule has 0 amide bonds.